The second-order valence-electron chi connectivity index (χ2n) is 4.87. The zero-order chi connectivity index (χ0) is 11.1. The third-order valence-corrected chi connectivity index (χ3v) is 3.36. The highest BCUT2D eigenvalue weighted by atomic mass is 14.8. The second-order valence-corrected chi connectivity index (χ2v) is 4.87. The van der Waals surface area contributed by atoms with Gasteiger partial charge in [0, 0.05) is 0 Å². The van der Waals surface area contributed by atoms with E-state index in [2.05, 4.69) is 37.4 Å². The van der Waals surface area contributed by atoms with Gasteiger partial charge < -0.3 is 5.32 Å². The molecule has 0 aromatic carbocycles. The summed E-state index contributed by atoms with van der Waals surface area (Å²) in [5, 5.41) is 3.24. The van der Waals surface area contributed by atoms with Crippen LogP contribution in [0.4, 0.5) is 0 Å². The van der Waals surface area contributed by atoms with Gasteiger partial charge in [-0.3, -0.25) is 0 Å². The maximum atomic E-state index is 3.24. The molecule has 0 saturated heterocycles. The Bertz CT molecular complexity index is 227. The number of hydrogen-bond acceptors (Lipinski definition) is 1. The molecule has 0 saturated carbocycles. The molecule has 0 fully saturated rings. The van der Waals surface area contributed by atoms with Crippen molar-refractivity contribution >= 4 is 0 Å². The summed E-state index contributed by atoms with van der Waals surface area (Å²) in [4.78, 5) is 0. The van der Waals surface area contributed by atoms with Gasteiger partial charge in [-0.2, -0.15) is 0 Å². The van der Waals surface area contributed by atoms with Gasteiger partial charge >= 0.3 is 0 Å². The largest absolute Gasteiger partial charge is 0.319 e. The van der Waals surface area contributed by atoms with Crippen LogP contribution in [0.5, 0.6) is 0 Å². The molecular formula is C14H25N. The summed E-state index contributed by atoms with van der Waals surface area (Å²) in [6.07, 6.45) is 12.1. The Morgan fingerprint density at radius 3 is 3.00 bits per heavy atom. The van der Waals surface area contributed by atoms with Gasteiger partial charge in [0.1, 0.15) is 0 Å². The van der Waals surface area contributed by atoms with Crippen LogP contribution in [-0.2, 0) is 0 Å². The van der Waals surface area contributed by atoms with Crippen molar-refractivity contribution in [3.05, 3.63) is 23.8 Å². The SMILES string of the molecule is CNCC(C)CCCC1CC=CC=C1C. The summed E-state index contributed by atoms with van der Waals surface area (Å²) >= 11 is 0. The maximum Gasteiger partial charge on any atom is -0.00262 e. The van der Waals surface area contributed by atoms with Gasteiger partial charge in [0.05, 0.1) is 0 Å². The van der Waals surface area contributed by atoms with E-state index in [-0.39, 0.29) is 0 Å². The molecule has 0 aromatic heterocycles. The molecule has 0 aromatic rings. The quantitative estimate of drug-likeness (QED) is 0.702. The first kappa shape index (κ1) is 12.5. The van der Waals surface area contributed by atoms with E-state index < -0.39 is 0 Å². The molecule has 15 heavy (non-hydrogen) atoms. The number of nitrogens with one attached hydrogen (secondary N) is 1. The molecular weight excluding hydrogens is 182 g/mol. The van der Waals surface area contributed by atoms with Crippen LogP contribution in [0.2, 0.25) is 0 Å². The van der Waals surface area contributed by atoms with Gasteiger partial charge in [-0.1, -0.05) is 37.1 Å². The van der Waals surface area contributed by atoms with E-state index in [1.807, 2.05) is 7.05 Å². The predicted molar refractivity (Wildman–Crippen MR) is 67.9 cm³/mol. The minimum atomic E-state index is 0.816. The first-order valence-electron chi connectivity index (χ1n) is 6.22. The lowest BCUT2D eigenvalue weighted by atomic mass is 9.87. The van der Waals surface area contributed by atoms with E-state index >= 15 is 0 Å². The third-order valence-electron chi connectivity index (χ3n) is 3.36. The van der Waals surface area contributed by atoms with Gasteiger partial charge in [0.25, 0.3) is 0 Å². The second kappa shape index (κ2) is 6.84. The average Bonchev–Trinajstić information content (AvgIpc) is 2.21. The van der Waals surface area contributed by atoms with Crippen molar-refractivity contribution in [3.8, 4) is 0 Å². The standard InChI is InChI=1S/C14H25N/c1-12(11-15-3)7-6-10-14-9-5-4-8-13(14)2/h4-5,8,12,14-15H,6-7,9-11H2,1-3H3. The minimum absolute atomic E-state index is 0.816. The van der Waals surface area contributed by atoms with E-state index in [1.165, 1.54) is 25.7 Å². The van der Waals surface area contributed by atoms with E-state index in [0.29, 0.717) is 0 Å². The molecule has 1 aliphatic carbocycles. The van der Waals surface area contributed by atoms with Crippen LogP contribution in [0.25, 0.3) is 0 Å². The highest BCUT2D eigenvalue weighted by Crippen LogP contribution is 2.25. The summed E-state index contributed by atoms with van der Waals surface area (Å²) in [6.45, 7) is 5.75. The molecule has 0 spiro atoms. The van der Waals surface area contributed by atoms with E-state index in [4.69, 9.17) is 0 Å². The number of allylic oxidation sites excluding steroid dienone is 4. The van der Waals surface area contributed by atoms with Gasteiger partial charge in [-0.15, -0.1) is 0 Å². The fourth-order valence-corrected chi connectivity index (χ4v) is 2.29. The lowest BCUT2D eigenvalue weighted by Gasteiger charge is -2.19. The monoisotopic (exact) mass is 207 g/mol. The van der Waals surface area contributed by atoms with Crippen molar-refractivity contribution in [2.45, 2.75) is 39.5 Å². The van der Waals surface area contributed by atoms with Crippen molar-refractivity contribution in [3.63, 3.8) is 0 Å². The fourth-order valence-electron chi connectivity index (χ4n) is 2.29. The normalized spacial score (nSPS) is 22.6. The Labute approximate surface area is 94.6 Å². The molecule has 0 heterocycles. The van der Waals surface area contributed by atoms with Crippen LogP contribution < -0.4 is 5.32 Å². The van der Waals surface area contributed by atoms with Crippen LogP contribution in [-0.4, -0.2) is 13.6 Å². The molecule has 2 atom stereocenters. The summed E-state index contributed by atoms with van der Waals surface area (Å²) in [6, 6.07) is 0. The van der Waals surface area contributed by atoms with Crippen LogP contribution >= 0.6 is 0 Å². The van der Waals surface area contributed by atoms with Gasteiger partial charge in [0.15, 0.2) is 0 Å². The molecule has 2 unspecified atom stereocenters. The Morgan fingerprint density at radius 2 is 2.33 bits per heavy atom. The molecule has 0 bridgehead atoms. The van der Waals surface area contributed by atoms with Gasteiger partial charge in [-0.05, 0) is 51.6 Å². The lowest BCUT2D eigenvalue weighted by molar-refractivity contribution is 0.441. The van der Waals surface area contributed by atoms with E-state index in [9.17, 15) is 0 Å². The fraction of sp³-hybridized carbons (Fsp3) is 0.714. The van der Waals surface area contributed by atoms with Crippen LogP contribution in [0, 0.1) is 11.8 Å². The first-order chi connectivity index (χ1) is 7.24. The highest BCUT2D eigenvalue weighted by Gasteiger charge is 2.11. The third kappa shape index (κ3) is 4.65. The lowest BCUT2D eigenvalue weighted by Crippen LogP contribution is -2.16. The Kier molecular flexibility index (Phi) is 5.70. The van der Waals surface area contributed by atoms with Crippen molar-refractivity contribution < 1.29 is 0 Å². The van der Waals surface area contributed by atoms with Crippen molar-refractivity contribution in [2.75, 3.05) is 13.6 Å². The van der Waals surface area contributed by atoms with Crippen molar-refractivity contribution in [1.29, 1.82) is 0 Å². The highest BCUT2D eigenvalue weighted by molar-refractivity contribution is 5.18. The molecule has 0 radical (unpaired) electrons. The molecule has 0 amide bonds. The van der Waals surface area contributed by atoms with E-state index in [1.54, 1.807) is 5.57 Å². The van der Waals surface area contributed by atoms with Crippen LogP contribution in [0.1, 0.15) is 39.5 Å². The maximum absolute atomic E-state index is 3.24. The molecule has 1 aliphatic rings. The van der Waals surface area contributed by atoms with Crippen molar-refractivity contribution in [2.24, 2.45) is 11.8 Å². The van der Waals surface area contributed by atoms with Gasteiger partial charge in [-0.25, -0.2) is 0 Å². The zero-order valence-electron chi connectivity index (χ0n) is 10.4. The molecule has 0 aliphatic heterocycles. The van der Waals surface area contributed by atoms with Crippen LogP contribution in [0.15, 0.2) is 23.8 Å². The summed E-state index contributed by atoms with van der Waals surface area (Å²) in [7, 11) is 2.04. The Morgan fingerprint density at radius 1 is 1.53 bits per heavy atom. The number of hydrogen-bond donors (Lipinski definition) is 1. The minimum Gasteiger partial charge on any atom is -0.319 e. The molecule has 1 nitrogen and oxygen atoms in total. The average molecular weight is 207 g/mol. The summed E-state index contributed by atoms with van der Waals surface area (Å²) in [5.74, 6) is 1.63. The van der Waals surface area contributed by atoms with E-state index in [0.717, 1.165) is 18.4 Å². The topological polar surface area (TPSA) is 12.0 Å². The van der Waals surface area contributed by atoms with Crippen molar-refractivity contribution in [1.82, 2.24) is 5.32 Å². The Balaban J connectivity index is 2.15. The zero-order valence-corrected chi connectivity index (χ0v) is 10.4. The number of rotatable bonds is 6. The smallest absolute Gasteiger partial charge is 0.00262 e. The van der Waals surface area contributed by atoms with Gasteiger partial charge in [0.2, 0.25) is 0 Å². The molecule has 86 valence electrons. The Hall–Kier alpha value is -0.560. The molecule has 1 rings (SSSR count). The summed E-state index contributed by atoms with van der Waals surface area (Å²) < 4.78 is 0. The first-order valence-corrected chi connectivity index (χ1v) is 6.22. The summed E-state index contributed by atoms with van der Waals surface area (Å²) in [5.41, 5.74) is 1.57. The molecule has 1 heteroatoms. The predicted octanol–water partition coefficient (Wildman–Crippen LogP) is 3.53. The molecule has 1 N–H and O–H groups in total. The van der Waals surface area contributed by atoms with Crippen LogP contribution in [0.3, 0.4) is 0 Å².